The molecule has 1 atom stereocenters. The Morgan fingerprint density at radius 2 is 1.94 bits per heavy atom. The fourth-order valence-electron chi connectivity index (χ4n) is 4.30. The number of pyridine rings is 1. The Kier molecular flexibility index (Phi) is 6.59. The van der Waals surface area contributed by atoms with Crippen LogP contribution in [0.15, 0.2) is 79.5 Å². The van der Waals surface area contributed by atoms with E-state index in [1.54, 1.807) is 36.8 Å². The number of amides is 1. The van der Waals surface area contributed by atoms with Gasteiger partial charge in [-0.05, 0) is 48.2 Å². The van der Waals surface area contributed by atoms with Crippen molar-refractivity contribution in [2.45, 2.75) is 31.9 Å². The third-order valence-electron chi connectivity index (χ3n) is 6.02. The molecule has 1 aliphatic rings. The van der Waals surface area contributed by atoms with Gasteiger partial charge in [0.1, 0.15) is 17.0 Å². The number of halogens is 1. The van der Waals surface area contributed by atoms with Crippen LogP contribution in [0.4, 0.5) is 5.69 Å². The molecular formula is C27H23ClN4O3. The molecule has 0 saturated carbocycles. The number of hydrogen-bond acceptors (Lipinski definition) is 5. The lowest BCUT2D eigenvalue weighted by Gasteiger charge is -2.26. The number of hydrogen-bond donors (Lipinski definition) is 1. The van der Waals surface area contributed by atoms with Crippen molar-refractivity contribution in [1.82, 2.24) is 14.5 Å². The Labute approximate surface area is 207 Å². The zero-order valence-corrected chi connectivity index (χ0v) is 19.6. The van der Waals surface area contributed by atoms with E-state index >= 15 is 0 Å². The number of imidazole rings is 1. The lowest BCUT2D eigenvalue weighted by Crippen LogP contribution is -2.21. The van der Waals surface area contributed by atoms with Crippen LogP contribution in [-0.4, -0.2) is 26.2 Å². The van der Waals surface area contributed by atoms with E-state index in [-0.39, 0.29) is 22.6 Å². The van der Waals surface area contributed by atoms with E-state index in [2.05, 4.69) is 15.3 Å². The maximum Gasteiger partial charge on any atom is 0.258 e. The summed E-state index contributed by atoms with van der Waals surface area (Å²) in [5, 5.41) is 3.08. The number of ether oxygens (including phenoxy) is 1. The molecule has 35 heavy (non-hydrogen) atoms. The largest absolute Gasteiger partial charge is 0.482 e. The van der Waals surface area contributed by atoms with E-state index in [0.29, 0.717) is 42.8 Å². The number of anilines is 1. The minimum absolute atomic E-state index is 0.0609. The summed E-state index contributed by atoms with van der Waals surface area (Å²) in [5.41, 5.74) is 3.11. The Hall–Kier alpha value is -3.97. The molecule has 2 heterocycles. The Bertz CT molecular complexity index is 1360. The van der Waals surface area contributed by atoms with Crippen LogP contribution in [0.5, 0.6) is 5.75 Å². The Morgan fingerprint density at radius 3 is 2.71 bits per heavy atom. The summed E-state index contributed by atoms with van der Waals surface area (Å²) in [7, 11) is 0. The summed E-state index contributed by atoms with van der Waals surface area (Å²) in [4.78, 5) is 33.9. The number of Topliss-reactive ketones (excluding diaryl/α,β-unsaturated/α-hetero) is 1. The van der Waals surface area contributed by atoms with Crippen LogP contribution in [0, 0.1) is 0 Å². The van der Waals surface area contributed by atoms with Crippen molar-refractivity contribution in [3.8, 4) is 5.75 Å². The third-order valence-corrected chi connectivity index (χ3v) is 6.33. The highest BCUT2D eigenvalue weighted by atomic mass is 35.5. The molecule has 0 unspecified atom stereocenters. The second kappa shape index (κ2) is 10.1. The molecule has 0 spiro atoms. The smallest absolute Gasteiger partial charge is 0.258 e. The zero-order valence-electron chi connectivity index (χ0n) is 18.9. The number of benzene rings is 2. The Morgan fingerprint density at radius 1 is 1.09 bits per heavy atom. The van der Waals surface area contributed by atoms with E-state index < -0.39 is 5.91 Å². The highest BCUT2D eigenvalue weighted by Gasteiger charge is 2.26. The molecule has 0 radical (unpaired) electrons. The average Bonchev–Trinajstić information content (AvgIpc) is 3.39. The van der Waals surface area contributed by atoms with E-state index in [4.69, 9.17) is 16.3 Å². The van der Waals surface area contributed by atoms with Crippen molar-refractivity contribution in [2.24, 2.45) is 0 Å². The number of carbonyl (C=O) groups is 2. The molecule has 2 aromatic heterocycles. The lowest BCUT2D eigenvalue weighted by atomic mass is 9.89. The number of aromatic nitrogens is 3. The maximum atomic E-state index is 13.2. The van der Waals surface area contributed by atoms with Crippen molar-refractivity contribution in [1.29, 1.82) is 0 Å². The standard InChI is InChI=1S/C27H23ClN4O3/c28-26-21(9-5-13-30-26)27(34)31-25-20-8-4-10-22(33)19(20)11-12-23(25)35-24(16-32-15-14-29-17-32)18-6-2-1-3-7-18/h1-3,5-7,9,11-15,17,24H,4,8,10,16H2,(H,31,34)/t24-/m1/s1. The molecule has 0 aliphatic heterocycles. The molecule has 0 fully saturated rings. The highest BCUT2D eigenvalue weighted by Crippen LogP contribution is 2.38. The first-order valence-electron chi connectivity index (χ1n) is 11.4. The van der Waals surface area contributed by atoms with Gasteiger partial charge in [0, 0.05) is 30.6 Å². The normalized spacial score (nSPS) is 13.7. The topological polar surface area (TPSA) is 86.1 Å². The van der Waals surface area contributed by atoms with Crippen molar-refractivity contribution >= 4 is 29.0 Å². The number of fused-ring (bicyclic) bond motifs is 1. The second-order valence-electron chi connectivity index (χ2n) is 8.31. The highest BCUT2D eigenvalue weighted by molar-refractivity contribution is 6.33. The number of rotatable bonds is 7. The Balaban J connectivity index is 1.55. The van der Waals surface area contributed by atoms with Gasteiger partial charge in [0.25, 0.3) is 5.91 Å². The minimum Gasteiger partial charge on any atom is -0.482 e. The predicted molar refractivity (Wildman–Crippen MR) is 133 cm³/mol. The number of carbonyl (C=O) groups excluding carboxylic acids is 2. The van der Waals surface area contributed by atoms with Gasteiger partial charge in [-0.1, -0.05) is 41.9 Å². The monoisotopic (exact) mass is 486 g/mol. The first-order valence-corrected chi connectivity index (χ1v) is 11.8. The SMILES string of the molecule is O=C(Nc1c(O[C@H](Cn2ccnc2)c2ccccc2)ccc2c1CCCC2=O)c1cccnc1Cl. The lowest BCUT2D eigenvalue weighted by molar-refractivity contribution is 0.0969. The van der Waals surface area contributed by atoms with E-state index in [0.717, 1.165) is 11.1 Å². The number of nitrogens with one attached hydrogen (secondary N) is 1. The molecule has 2 aromatic carbocycles. The first-order chi connectivity index (χ1) is 17.1. The summed E-state index contributed by atoms with van der Waals surface area (Å²) < 4.78 is 8.49. The third kappa shape index (κ3) is 4.95. The first kappa shape index (κ1) is 22.8. The van der Waals surface area contributed by atoms with Gasteiger partial charge in [-0.25, -0.2) is 9.97 Å². The fraction of sp³-hybridized carbons (Fsp3) is 0.185. The fourth-order valence-corrected chi connectivity index (χ4v) is 4.50. The molecule has 0 bridgehead atoms. The molecular weight excluding hydrogens is 464 g/mol. The molecule has 4 aromatic rings. The van der Waals surface area contributed by atoms with Gasteiger partial charge >= 0.3 is 0 Å². The van der Waals surface area contributed by atoms with Crippen molar-refractivity contribution in [3.63, 3.8) is 0 Å². The van der Waals surface area contributed by atoms with E-state index in [1.807, 2.05) is 41.1 Å². The molecule has 7 nitrogen and oxygen atoms in total. The summed E-state index contributed by atoms with van der Waals surface area (Å²) in [6.45, 7) is 0.516. The van der Waals surface area contributed by atoms with E-state index in [9.17, 15) is 9.59 Å². The minimum atomic E-state index is -0.412. The number of nitrogens with zero attached hydrogens (tertiary/aromatic N) is 3. The van der Waals surface area contributed by atoms with Gasteiger partial charge in [-0.2, -0.15) is 0 Å². The van der Waals surface area contributed by atoms with Gasteiger partial charge in [0.05, 0.1) is 24.1 Å². The molecule has 5 rings (SSSR count). The van der Waals surface area contributed by atoms with Crippen LogP contribution in [0.1, 0.15) is 50.8 Å². The predicted octanol–water partition coefficient (Wildman–Crippen LogP) is 5.52. The summed E-state index contributed by atoms with van der Waals surface area (Å²) in [6, 6.07) is 16.7. The zero-order chi connectivity index (χ0) is 24.2. The van der Waals surface area contributed by atoms with Crippen LogP contribution >= 0.6 is 11.6 Å². The molecule has 0 saturated heterocycles. The molecule has 176 valence electrons. The van der Waals surface area contributed by atoms with E-state index in [1.165, 1.54) is 6.20 Å². The van der Waals surface area contributed by atoms with Gasteiger partial charge in [-0.15, -0.1) is 0 Å². The van der Waals surface area contributed by atoms with Gasteiger partial charge in [0.15, 0.2) is 5.78 Å². The molecule has 8 heteroatoms. The van der Waals surface area contributed by atoms with Gasteiger partial charge in [0.2, 0.25) is 0 Å². The summed E-state index contributed by atoms with van der Waals surface area (Å²) in [6.07, 6.45) is 8.35. The summed E-state index contributed by atoms with van der Waals surface area (Å²) >= 11 is 6.17. The maximum absolute atomic E-state index is 13.2. The van der Waals surface area contributed by atoms with Crippen molar-refractivity contribution in [3.05, 3.63) is 107 Å². The average molecular weight is 487 g/mol. The van der Waals surface area contributed by atoms with Crippen molar-refractivity contribution < 1.29 is 14.3 Å². The molecule has 1 N–H and O–H groups in total. The quantitative estimate of drug-likeness (QED) is 0.347. The number of ketones is 1. The van der Waals surface area contributed by atoms with Crippen LogP contribution in [0.25, 0.3) is 0 Å². The van der Waals surface area contributed by atoms with Crippen LogP contribution < -0.4 is 10.1 Å². The van der Waals surface area contributed by atoms with Gasteiger partial charge in [-0.3, -0.25) is 9.59 Å². The van der Waals surface area contributed by atoms with Crippen molar-refractivity contribution in [2.75, 3.05) is 5.32 Å². The summed E-state index contributed by atoms with van der Waals surface area (Å²) in [5.74, 6) is 0.136. The molecule has 1 aliphatic carbocycles. The van der Waals surface area contributed by atoms with Crippen LogP contribution in [0.2, 0.25) is 5.15 Å². The van der Waals surface area contributed by atoms with Crippen LogP contribution in [-0.2, 0) is 13.0 Å². The van der Waals surface area contributed by atoms with Crippen LogP contribution in [0.3, 0.4) is 0 Å². The van der Waals surface area contributed by atoms with Gasteiger partial charge < -0.3 is 14.6 Å². The molecule has 1 amide bonds. The second-order valence-corrected chi connectivity index (χ2v) is 8.67.